The Morgan fingerprint density at radius 1 is 1.85 bits per heavy atom. The number of carbonyl (C=O) groups is 1. The van der Waals surface area contributed by atoms with Crippen molar-refractivity contribution in [1.82, 2.24) is 5.32 Å². The van der Waals surface area contributed by atoms with Crippen LogP contribution in [0, 0.1) is 5.92 Å². The van der Waals surface area contributed by atoms with Gasteiger partial charge in [0.1, 0.15) is 12.6 Å². The van der Waals surface area contributed by atoms with Gasteiger partial charge in [-0.05, 0) is 12.3 Å². The Labute approximate surface area is 79.2 Å². The lowest BCUT2D eigenvalue weighted by Crippen LogP contribution is -2.54. The summed E-state index contributed by atoms with van der Waals surface area (Å²) in [5.74, 6) is -0.0288. The number of cyclic esters (lactones) is 1. The highest BCUT2D eigenvalue weighted by Gasteiger charge is 2.31. The van der Waals surface area contributed by atoms with E-state index in [1.54, 1.807) is 6.08 Å². The monoisotopic (exact) mass is 183 g/mol. The Morgan fingerprint density at radius 3 is 3.08 bits per heavy atom. The summed E-state index contributed by atoms with van der Waals surface area (Å²) in [5.41, 5.74) is 0. The molecule has 3 heteroatoms. The van der Waals surface area contributed by atoms with Crippen LogP contribution in [-0.4, -0.2) is 24.7 Å². The third-order valence-electron chi connectivity index (χ3n) is 2.49. The number of rotatable bonds is 3. The van der Waals surface area contributed by atoms with E-state index in [9.17, 15) is 4.79 Å². The first-order chi connectivity index (χ1) is 6.19. The normalized spacial score (nSPS) is 30.8. The van der Waals surface area contributed by atoms with Crippen LogP contribution >= 0.6 is 0 Å². The minimum absolute atomic E-state index is 0.127. The Morgan fingerprint density at radius 2 is 2.54 bits per heavy atom. The van der Waals surface area contributed by atoms with Gasteiger partial charge in [-0.3, -0.25) is 10.1 Å². The van der Waals surface area contributed by atoms with Gasteiger partial charge in [-0.2, -0.15) is 0 Å². The fraction of sp³-hybridized carbons (Fsp3) is 0.700. The van der Waals surface area contributed by atoms with Crippen molar-refractivity contribution >= 4 is 5.97 Å². The Bertz CT molecular complexity index is 203. The van der Waals surface area contributed by atoms with Crippen molar-refractivity contribution in [3.63, 3.8) is 0 Å². The van der Waals surface area contributed by atoms with Crippen LogP contribution < -0.4 is 5.32 Å². The number of hydrogen-bond donors (Lipinski definition) is 1. The third kappa shape index (κ3) is 2.31. The average molecular weight is 183 g/mol. The van der Waals surface area contributed by atoms with Gasteiger partial charge in [-0.25, -0.2) is 0 Å². The van der Waals surface area contributed by atoms with E-state index in [0.29, 0.717) is 12.6 Å². The molecule has 0 saturated carbocycles. The predicted octanol–water partition coefficient (Wildman–Crippen LogP) is 1.10. The standard InChI is InChI=1S/C10H17NO2/c1-4-7(3)9-10(12)13-6-8(5-2)11-9/h4,7-9,11H,1,5-6H2,2-3H3. The second kappa shape index (κ2) is 4.42. The maximum Gasteiger partial charge on any atom is 0.323 e. The number of esters is 1. The van der Waals surface area contributed by atoms with Crippen molar-refractivity contribution in [3.8, 4) is 0 Å². The molecule has 74 valence electrons. The number of morpholine rings is 1. The van der Waals surface area contributed by atoms with E-state index >= 15 is 0 Å². The fourth-order valence-corrected chi connectivity index (χ4v) is 1.38. The second-order valence-corrected chi connectivity index (χ2v) is 3.47. The van der Waals surface area contributed by atoms with Gasteiger partial charge in [-0.15, -0.1) is 6.58 Å². The van der Waals surface area contributed by atoms with E-state index in [-0.39, 0.29) is 17.9 Å². The van der Waals surface area contributed by atoms with Crippen LogP contribution in [-0.2, 0) is 9.53 Å². The van der Waals surface area contributed by atoms with E-state index < -0.39 is 0 Å². The van der Waals surface area contributed by atoms with Crippen molar-refractivity contribution in [2.75, 3.05) is 6.61 Å². The van der Waals surface area contributed by atoms with Gasteiger partial charge in [0.05, 0.1) is 0 Å². The summed E-state index contributed by atoms with van der Waals surface area (Å²) in [5, 5.41) is 3.26. The van der Waals surface area contributed by atoms with Crippen LogP contribution in [0.5, 0.6) is 0 Å². The zero-order valence-electron chi connectivity index (χ0n) is 8.25. The number of hydrogen-bond acceptors (Lipinski definition) is 3. The molecule has 0 bridgehead atoms. The third-order valence-corrected chi connectivity index (χ3v) is 2.49. The molecule has 0 aromatic heterocycles. The lowest BCUT2D eigenvalue weighted by atomic mass is 9.99. The second-order valence-electron chi connectivity index (χ2n) is 3.47. The summed E-state index contributed by atoms with van der Waals surface area (Å²) in [6.45, 7) is 8.21. The zero-order chi connectivity index (χ0) is 9.84. The Hall–Kier alpha value is -0.830. The summed E-state index contributed by atoms with van der Waals surface area (Å²) in [4.78, 5) is 11.3. The predicted molar refractivity (Wildman–Crippen MR) is 51.3 cm³/mol. The molecule has 0 aromatic rings. The lowest BCUT2D eigenvalue weighted by molar-refractivity contribution is -0.152. The van der Waals surface area contributed by atoms with Gasteiger partial charge in [-0.1, -0.05) is 19.9 Å². The minimum atomic E-state index is -0.212. The molecule has 1 aliphatic rings. The van der Waals surface area contributed by atoms with Gasteiger partial charge in [0.15, 0.2) is 0 Å². The number of carbonyl (C=O) groups excluding carboxylic acids is 1. The maximum atomic E-state index is 11.3. The van der Waals surface area contributed by atoms with Crippen molar-refractivity contribution in [1.29, 1.82) is 0 Å². The molecule has 3 atom stereocenters. The largest absolute Gasteiger partial charge is 0.463 e. The van der Waals surface area contributed by atoms with Crippen molar-refractivity contribution in [3.05, 3.63) is 12.7 Å². The topological polar surface area (TPSA) is 38.3 Å². The molecule has 0 amide bonds. The lowest BCUT2D eigenvalue weighted by Gasteiger charge is -2.31. The highest BCUT2D eigenvalue weighted by atomic mass is 16.5. The van der Waals surface area contributed by atoms with Crippen molar-refractivity contribution in [2.24, 2.45) is 5.92 Å². The summed E-state index contributed by atoms with van der Waals surface area (Å²) < 4.78 is 5.07. The van der Waals surface area contributed by atoms with Crippen LogP contribution in [0.2, 0.25) is 0 Å². The molecule has 1 N–H and O–H groups in total. The fourth-order valence-electron chi connectivity index (χ4n) is 1.38. The molecule has 3 nitrogen and oxygen atoms in total. The molecule has 0 aliphatic carbocycles. The molecule has 1 saturated heterocycles. The molecular weight excluding hydrogens is 166 g/mol. The molecular formula is C10H17NO2. The first-order valence-electron chi connectivity index (χ1n) is 4.74. The molecule has 0 radical (unpaired) electrons. The molecule has 1 aliphatic heterocycles. The number of nitrogens with one attached hydrogen (secondary N) is 1. The van der Waals surface area contributed by atoms with Gasteiger partial charge < -0.3 is 4.74 Å². The molecule has 3 unspecified atom stereocenters. The summed E-state index contributed by atoms with van der Waals surface area (Å²) in [6, 6.07) is 0.0845. The van der Waals surface area contributed by atoms with Crippen molar-refractivity contribution in [2.45, 2.75) is 32.4 Å². The van der Waals surface area contributed by atoms with Crippen LogP contribution in [0.25, 0.3) is 0 Å². The molecule has 1 heterocycles. The number of ether oxygens (including phenoxy) is 1. The molecule has 1 rings (SSSR count). The van der Waals surface area contributed by atoms with Crippen LogP contribution in [0.4, 0.5) is 0 Å². The molecule has 1 fully saturated rings. The quantitative estimate of drug-likeness (QED) is 0.526. The van der Waals surface area contributed by atoms with Crippen LogP contribution in [0.15, 0.2) is 12.7 Å². The first-order valence-corrected chi connectivity index (χ1v) is 4.74. The average Bonchev–Trinajstić information content (AvgIpc) is 2.17. The maximum absolute atomic E-state index is 11.3. The van der Waals surface area contributed by atoms with E-state index in [1.807, 2.05) is 6.92 Å². The Kier molecular flexibility index (Phi) is 3.48. The zero-order valence-corrected chi connectivity index (χ0v) is 8.25. The van der Waals surface area contributed by atoms with Crippen LogP contribution in [0.3, 0.4) is 0 Å². The smallest absolute Gasteiger partial charge is 0.323 e. The summed E-state index contributed by atoms with van der Waals surface area (Å²) in [6.07, 6.45) is 2.75. The van der Waals surface area contributed by atoms with Crippen LogP contribution in [0.1, 0.15) is 20.3 Å². The van der Waals surface area contributed by atoms with Crippen molar-refractivity contribution < 1.29 is 9.53 Å². The van der Waals surface area contributed by atoms with E-state index in [2.05, 4.69) is 18.8 Å². The highest BCUT2D eigenvalue weighted by molar-refractivity contribution is 5.77. The van der Waals surface area contributed by atoms with Gasteiger partial charge in [0, 0.05) is 6.04 Å². The minimum Gasteiger partial charge on any atom is -0.463 e. The Balaban J connectivity index is 2.59. The van der Waals surface area contributed by atoms with E-state index in [0.717, 1.165) is 6.42 Å². The summed E-state index contributed by atoms with van der Waals surface area (Å²) >= 11 is 0. The van der Waals surface area contributed by atoms with E-state index in [1.165, 1.54) is 0 Å². The van der Waals surface area contributed by atoms with E-state index in [4.69, 9.17) is 4.74 Å². The highest BCUT2D eigenvalue weighted by Crippen LogP contribution is 2.12. The molecule has 0 aromatic carbocycles. The summed E-state index contributed by atoms with van der Waals surface area (Å²) in [7, 11) is 0. The van der Waals surface area contributed by atoms with Gasteiger partial charge in [0.2, 0.25) is 0 Å². The molecule has 13 heavy (non-hydrogen) atoms. The van der Waals surface area contributed by atoms with Gasteiger partial charge in [0.25, 0.3) is 0 Å². The first kappa shape index (κ1) is 10.3. The molecule has 0 spiro atoms. The SMILES string of the molecule is C=CC(C)C1NC(CC)COC1=O. The van der Waals surface area contributed by atoms with Gasteiger partial charge >= 0.3 is 5.97 Å².